The van der Waals surface area contributed by atoms with Crippen molar-refractivity contribution in [1.82, 2.24) is 0 Å². The van der Waals surface area contributed by atoms with E-state index in [2.05, 4.69) is 24.9 Å². The molecule has 0 N–H and O–H groups in total. The van der Waals surface area contributed by atoms with Crippen molar-refractivity contribution >= 4 is 6.21 Å². The lowest BCUT2D eigenvalue weighted by atomic mass is 10.0. The number of aliphatic imine (C=N–C) groups is 1. The topological polar surface area (TPSA) is 12.4 Å². The second-order valence-corrected chi connectivity index (χ2v) is 3.27. The Bertz CT molecular complexity index is 168. The van der Waals surface area contributed by atoms with Crippen molar-refractivity contribution in [2.45, 2.75) is 33.1 Å². The van der Waals surface area contributed by atoms with Gasteiger partial charge < -0.3 is 0 Å². The van der Waals surface area contributed by atoms with Crippen LogP contribution in [-0.4, -0.2) is 12.8 Å². The summed E-state index contributed by atoms with van der Waals surface area (Å²) >= 11 is 0. The summed E-state index contributed by atoms with van der Waals surface area (Å²) in [6, 6.07) is 0. The molecule has 0 aliphatic carbocycles. The molecule has 0 spiro atoms. The molecule has 0 saturated heterocycles. The minimum atomic E-state index is 0.717. The molecule has 1 heterocycles. The minimum Gasteiger partial charge on any atom is -0.293 e. The molecule has 0 unspecified atom stereocenters. The maximum Gasteiger partial charge on any atom is 0.0392 e. The number of hydrogen-bond donors (Lipinski definition) is 0. The molecule has 0 saturated carbocycles. The molecule has 1 aliphatic heterocycles. The highest BCUT2D eigenvalue weighted by molar-refractivity contribution is 5.79. The monoisotopic (exact) mass is 151 g/mol. The van der Waals surface area contributed by atoms with Crippen LogP contribution < -0.4 is 0 Å². The fourth-order valence-electron chi connectivity index (χ4n) is 1.23. The third-order valence-corrected chi connectivity index (χ3v) is 2.15. The molecule has 1 nitrogen and oxygen atoms in total. The van der Waals surface area contributed by atoms with Crippen LogP contribution in [-0.2, 0) is 0 Å². The van der Waals surface area contributed by atoms with E-state index in [1.54, 1.807) is 0 Å². The van der Waals surface area contributed by atoms with Crippen LogP contribution in [0.4, 0.5) is 0 Å². The van der Waals surface area contributed by atoms with Crippen LogP contribution in [0.1, 0.15) is 33.1 Å². The molecule has 1 rings (SSSR count). The zero-order chi connectivity index (χ0) is 8.10. The van der Waals surface area contributed by atoms with Crippen LogP contribution in [0.15, 0.2) is 16.6 Å². The van der Waals surface area contributed by atoms with Gasteiger partial charge in [-0.1, -0.05) is 26.3 Å². The van der Waals surface area contributed by atoms with E-state index in [9.17, 15) is 0 Å². The quantitative estimate of drug-likeness (QED) is 0.575. The average molecular weight is 151 g/mol. The van der Waals surface area contributed by atoms with Crippen molar-refractivity contribution in [2.75, 3.05) is 6.54 Å². The maximum atomic E-state index is 4.25. The van der Waals surface area contributed by atoms with Gasteiger partial charge in [0.15, 0.2) is 0 Å². The molecular formula is C10H17N. The predicted molar refractivity (Wildman–Crippen MR) is 50.1 cm³/mol. The third-order valence-electron chi connectivity index (χ3n) is 2.15. The zero-order valence-electron chi connectivity index (χ0n) is 7.51. The summed E-state index contributed by atoms with van der Waals surface area (Å²) in [5.41, 5.74) is 1.44. The van der Waals surface area contributed by atoms with Gasteiger partial charge in [0.25, 0.3) is 0 Å². The molecule has 0 bridgehead atoms. The highest BCUT2D eigenvalue weighted by atomic mass is 14.7. The lowest BCUT2D eigenvalue weighted by Crippen LogP contribution is -1.99. The van der Waals surface area contributed by atoms with Crippen LogP contribution in [0.3, 0.4) is 0 Å². The highest BCUT2D eigenvalue weighted by Crippen LogP contribution is 2.13. The van der Waals surface area contributed by atoms with Crippen molar-refractivity contribution in [3.05, 3.63) is 11.6 Å². The van der Waals surface area contributed by atoms with E-state index in [1.165, 1.54) is 24.8 Å². The molecule has 0 amide bonds. The van der Waals surface area contributed by atoms with E-state index in [-0.39, 0.29) is 0 Å². The standard InChI is InChI=1S/C10H17N/c1-3-9(2)7-10-5-4-6-11-8-10/h7-9H,3-6H2,1-2H3/b10-7+/t9-/m0/s1. The van der Waals surface area contributed by atoms with Gasteiger partial charge in [-0.3, -0.25) is 4.99 Å². The molecule has 0 aromatic carbocycles. The van der Waals surface area contributed by atoms with Crippen molar-refractivity contribution < 1.29 is 0 Å². The Labute approximate surface area is 69.2 Å². The molecule has 1 atom stereocenters. The predicted octanol–water partition coefficient (Wildman–Crippen LogP) is 2.82. The fourth-order valence-corrected chi connectivity index (χ4v) is 1.23. The lowest BCUT2D eigenvalue weighted by molar-refractivity contribution is 0.687. The summed E-state index contributed by atoms with van der Waals surface area (Å²) in [6.07, 6.45) is 8.09. The average Bonchev–Trinajstić information content (AvgIpc) is 2.06. The summed E-state index contributed by atoms with van der Waals surface area (Å²) in [7, 11) is 0. The van der Waals surface area contributed by atoms with Crippen LogP contribution >= 0.6 is 0 Å². The van der Waals surface area contributed by atoms with Crippen LogP contribution in [0.2, 0.25) is 0 Å². The maximum absolute atomic E-state index is 4.25. The van der Waals surface area contributed by atoms with Crippen molar-refractivity contribution in [3.8, 4) is 0 Å². The lowest BCUT2D eigenvalue weighted by Gasteiger charge is -2.08. The van der Waals surface area contributed by atoms with Gasteiger partial charge in [-0.25, -0.2) is 0 Å². The van der Waals surface area contributed by atoms with Crippen molar-refractivity contribution in [1.29, 1.82) is 0 Å². The number of rotatable bonds is 2. The zero-order valence-corrected chi connectivity index (χ0v) is 7.51. The van der Waals surface area contributed by atoms with E-state index < -0.39 is 0 Å². The van der Waals surface area contributed by atoms with Gasteiger partial charge in [0.05, 0.1) is 0 Å². The Balaban J connectivity index is 2.50. The number of nitrogens with zero attached hydrogens (tertiary/aromatic N) is 1. The second kappa shape index (κ2) is 4.32. The number of allylic oxidation sites excluding steroid dienone is 2. The highest BCUT2D eigenvalue weighted by Gasteiger charge is 2.01. The molecule has 1 heteroatoms. The summed E-state index contributed by atoms with van der Waals surface area (Å²) in [6.45, 7) is 5.51. The Morgan fingerprint density at radius 2 is 2.55 bits per heavy atom. The van der Waals surface area contributed by atoms with Gasteiger partial charge in [-0.15, -0.1) is 0 Å². The van der Waals surface area contributed by atoms with Crippen molar-refractivity contribution in [2.24, 2.45) is 10.9 Å². The van der Waals surface area contributed by atoms with Gasteiger partial charge in [0, 0.05) is 12.8 Å². The summed E-state index contributed by atoms with van der Waals surface area (Å²) in [5, 5.41) is 0. The van der Waals surface area contributed by atoms with E-state index in [1.807, 2.05) is 6.21 Å². The molecule has 0 aromatic heterocycles. The first-order chi connectivity index (χ1) is 5.33. The van der Waals surface area contributed by atoms with Gasteiger partial charge in [-0.05, 0) is 24.3 Å². The molecule has 0 aromatic rings. The summed E-state index contributed by atoms with van der Waals surface area (Å²) in [4.78, 5) is 4.25. The SMILES string of the molecule is CC[C@H](C)/C=C1/C=NCCC1. The smallest absolute Gasteiger partial charge is 0.0392 e. The van der Waals surface area contributed by atoms with E-state index >= 15 is 0 Å². The largest absolute Gasteiger partial charge is 0.293 e. The molecule has 62 valence electrons. The number of hydrogen-bond acceptors (Lipinski definition) is 1. The van der Waals surface area contributed by atoms with Crippen LogP contribution in [0.25, 0.3) is 0 Å². The first-order valence-electron chi connectivity index (χ1n) is 4.53. The molecular weight excluding hydrogens is 134 g/mol. The van der Waals surface area contributed by atoms with Gasteiger partial charge in [0.2, 0.25) is 0 Å². The molecule has 11 heavy (non-hydrogen) atoms. The van der Waals surface area contributed by atoms with Crippen molar-refractivity contribution in [3.63, 3.8) is 0 Å². The Hall–Kier alpha value is -0.590. The Kier molecular flexibility index (Phi) is 3.34. The van der Waals surface area contributed by atoms with Gasteiger partial charge in [0.1, 0.15) is 0 Å². The van der Waals surface area contributed by atoms with Crippen LogP contribution in [0, 0.1) is 5.92 Å². The minimum absolute atomic E-state index is 0.717. The van der Waals surface area contributed by atoms with Gasteiger partial charge in [-0.2, -0.15) is 0 Å². The third kappa shape index (κ3) is 2.87. The normalized spacial score (nSPS) is 24.0. The Morgan fingerprint density at radius 3 is 3.09 bits per heavy atom. The van der Waals surface area contributed by atoms with E-state index in [0.29, 0.717) is 0 Å². The van der Waals surface area contributed by atoms with Gasteiger partial charge >= 0.3 is 0 Å². The van der Waals surface area contributed by atoms with E-state index in [4.69, 9.17) is 0 Å². The first-order valence-corrected chi connectivity index (χ1v) is 4.53. The second-order valence-electron chi connectivity index (χ2n) is 3.27. The first kappa shape index (κ1) is 8.51. The molecule has 0 fully saturated rings. The molecule has 1 aliphatic rings. The molecule has 0 radical (unpaired) electrons. The fraction of sp³-hybridized carbons (Fsp3) is 0.700. The summed E-state index contributed by atoms with van der Waals surface area (Å²) in [5.74, 6) is 0.717. The Morgan fingerprint density at radius 1 is 1.73 bits per heavy atom. The van der Waals surface area contributed by atoms with E-state index in [0.717, 1.165) is 12.5 Å². The van der Waals surface area contributed by atoms with Crippen LogP contribution in [0.5, 0.6) is 0 Å². The summed E-state index contributed by atoms with van der Waals surface area (Å²) < 4.78 is 0.